The maximum atomic E-state index is 14.2. The summed E-state index contributed by atoms with van der Waals surface area (Å²) in [6.07, 6.45) is -51.0. The average Bonchev–Trinajstić information content (AvgIpc) is 3.25. The summed E-state index contributed by atoms with van der Waals surface area (Å²) in [7, 11) is 0. The Morgan fingerprint density at radius 1 is 0.356 bits per heavy atom. The molecule has 392 valence electrons. The Labute approximate surface area is 401 Å². The van der Waals surface area contributed by atoms with E-state index < -0.39 is 195 Å². The van der Waals surface area contributed by atoms with E-state index in [9.17, 15) is 110 Å². The van der Waals surface area contributed by atoms with Crippen LogP contribution < -0.4 is 26.4 Å². The van der Waals surface area contributed by atoms with Crippen molar-refractivity contribution in [1.29, 1.82) is 0 Å². The number of benzene rings is 5. The number of ketones is 1. The standard InChI is InChI=1S/C32H12BF24.C13H11BrNO/c34-25(35,36)13-1-14(26(37,38)39)6-21(5-13)33(22-7-15(27(40,41)42)2-16(8-22)28(43,44)45,23-9-17(29(46,47)48)3-18(10-23)30(49,50)51)24-11-19(31(52,53)54)4-20(12-24)32(55,56)57;14-12-6-4-11(5-7-12)13(16)10-15-8-2-1-3-9-15/h1-12H;1-9H,10H2/q-1;+1. The molecule has 0 N–H and O–H groups in total. The largest absolute Gasteiger partial charge is 0.416 e. The Bertz CT molecular complexity index is 2510. The fourth-order valence-corrected chi connectivity index (χ4v) is 7.77. The summed E-state index contributed by atoms with van der Waals surface area (Å²) in [5.74, 6) is 0.115. The first-order chi connectivity index (χ1) is 33.0. The number of nitrogens with zero attached hydrogens (tertiary/aromatic N) is 1. The number of rotatable bonds is 7. The first kappa shape index (κ1) is 57.7. The fraction of sp³-hybridized carbons (Fsp3) is 0.200. The third-order valence-corrected chi connectivity index (χ3v) is 11.2. The highest BCUT2D eigenvalue weighted by molar-refractivity contribution is 9.10. The van der Waals surface area contributed by atoms with Gasteiger partial charge in [-0.3, -0.25) is 4.79 Å². The van der Waals surface area contributed by atoms with Crippen molar-refractivity contribution in [2.45, 2.75) is 56.0 Å². The number of aromatic nitrogens is 1. The molecule has 0 amide bonds. The summed E-state index contributed by atoms with van der Waals surface area (Å²) in [6.45, 7) is 0.377. The van der Waals surface area contributed by atoms with E-state index in [4.69, 9.17) is 0 Å². The molecule has 0 saturated carbocycles. The van der Waals surface area contributed by atoms with Crippen LogP contribution in [0.3, 0.4) is 0 Å². The zero-order chi connectivity index (χ0) is 55.3. The van der Waals surface area contributed by atoms with E-state index in [-0.39, 0.29) is 5.78 Å². The second-order valence-electron chi connectivity index (χ2n) is 15.7. The van der Waals surface area contributed by atoms with Crippen LogP contribution in [0.15, 0.2) is 132 Å². The number of alkyl halides is 24. The molecule has 0 aliphatic carbocycles. The van der Waals surface area contributed by atoms with Crippen molar-refractivity contribution >= 4 is 49.7 Å². The van der Waals surface area contributed by atoms with E-state index >= 15 is 0 Å². The van der Waals surface area contributed by atoms with Gasteiger partial charge < -0.3 is 0 Å². The molecule has 5 aromatic carbocycles. The van der Waals surface area contributed by atoms with Crippen LogP contribution in [0.5, 0.6) is 0 Å². The zero-order valence-corrected chi connectivity index (χ0v) is 36.8. The van der Waals surface area contributed by atoms with Gasteiger partial charge in [0.1, 0.15) is 6.15 Å². The van der Waals surface area contributed by atoms with Crippen LogP contribution in [0.1, 0.15) is 54.9 Å². The average molecular weight is 1140 g/mol. The lowest BCUT2D eigenvalue weighted by Gasteiger charge is -2.46. The molecule has 0 bridgehead atoms. The van der Waals surface area contributed by atoms with Gasteiger partial charge in [0.2, 0.25) is 12.3 Å². The van der Waals surface area contributed by atoms with E-state index in [1.54, 1.807) is 0 Å². The van der Waals surface area contributed by atoms with Gasteiger partial charge in [-0.25, -0.2) is 0 Å². The minimum absolute atomic E-state index is 0.115. The first-order valence-electron chi connectivity index (χ1n) is 19.6. The Hall–Kier alpha value is -6.22. The van der Waals surface area contributed by atoms with Gasteiger partial charge in [0, 0.05) is 22.2 Å². The van der Waals surface area contributed by atoms with Gasteiger partial charge >= 0.3 is 49.4 Å². The smallest absolute Gasteiger partial charge is 0.287 e. The summed E-state index contributed by atoms with van der Waals surface area (Å²) in [6, 6.07) is 4.36. The quantitative estimate of drug-likeness (QED) is 0.0675. The van der Waals surface area contributed by atoms with Crippen LogP contribution in [0.25, 0.3) is 0 Å². The predicted molar refractivity (Wildman–Crippen MR) is 215 cm³/mol. The first-order valence-corrected chi connectivity index (χ1v) is 20.4. The molecule has 0 unspecified atom stereocenters. The Kier molecular flexibility index (Phi) is 15.7. The van der Waals surface area contributed by atoms with Gasteiger partial charge in [-0.1, -0.05) is 82.7 Å². The molecule has 1 heterocycles. The predicted octanol–water partition coefficient (Wildman–Crippen LogP) is 13.8. The topological polar surface area (TPSA) is 20.9 Å². The van der Waals surface area contributed by atoms with Crippen molar-refractivity contribution in [3.05, 3.63) is 182 Å². The Balaban J connectivity index is 0.000000520. The Morgan fingerprint density at radius 3 is 0.781 bits per heavy atom. The summed E-state index contributed by atoms with van der Waals surface area (Å²) < 4.78 is 344. The van der Waals surface area contributed by atoms with Crippen LogP contribution in [-0.4, -0.2) is 11.9 Å². The third kappa shape index (κ3) is 13.7. The van der Waals surface area contributed by atoms with Crippen LogP contribution in [0.2, 0.25) is 0 Å². The lowest BCUT2D eigenvalue weighted by Crippen LogP contribution is -2.75. The van der Waals surface area contributed by atoms with E-state index in [0.717, 1.165) is 10.0 Å². The molecule has 0 spiro atoms. The second-order valence-corrected chi connectivity index (χ2v) is 16.6. The number of hydrogen-bond acceptors (Lipinski definition) is 1. The minimum Gasteiger partial charge on any atom is -0.287 e. The Morgan fingerprint density at radius 2 is 0.575 bits per heavy atom. The van der Waals surface area contributed by atoms with Crippen LogP contribution in [-0.2, 0) is 56.0 Å². The van der Waals surface area contributed by atoms with Gasteiger partial charge in [0.05, 0.1) is 44.5 Å². The van der Waals surface area contributed by atoms with E-state index in [1.807, 2.05) is 59.4 Å². The fourth-order valence-electron chi connectivity index (χ4n) is 7.50. The SMILES string of the molecule is FC(F)(F)c1cc([B-](c2cc(C(F)(F)F)cc(C(F)(F)F)c2)(c2cc(C(F)(F)F)cc(C(F)(F)F)c2)c2cc(C(F)(F)F)cc(C(F)(F)F)c2)cc(C(F)(F)F)c1.O=C(C[n+]1ccccc1)c1ccc(Br)cc1. The number of Topliss-reactive ketones (excluding diaryl/α,β-unsaturated/α-hetero) is 1. The normalized spacial score (nSPS) is 13.4. The van der Waals surface area contributed by atoms with Crippen molar-refractivity contribution in [2.75, 3.05) is 0 Å². The lowest BCUT2D eigenvalue weighted by atomic mass is 9.12. The van der Waals surface area contributed by atoms with E-state index in [1.165, 1.54) is 0 Å². The maximum Gasteiger partial charge on any atom is 0.416 e. The molecule has 6 rings (SSSR count). The van der Waals surface area contributed by atoms with E-state index in [2.05, 4.69) is 15.9 Å². The van der Waals surface area contributed by atoms with Gasteiger partial charge in [-0.15, -0.1) is 0 Å². The number of carbonyl (C=O) groups is 1. The highest BCUT2D eigenvalue weighted by atomic mass is 79.9. The van der Waals surface area contributed by atoms with E-state index in [0.29, 0.717) is 6.54 Å². The minimum atomic E-state index is -6.13. The molecule has 6 aromatic rings. The van der Waals surface area contributed by atoms with Crippen molar-refractivity contribution in [1.82, 2.24) is 0 Å². The molecule has 0 atom stereocenters. The maximum absolute atomic E-state index is 14.2. The highest BCUT2D eigenvalue weighted by Gasteiger charge is 2.47. The summed E-state index contributed by atoms with van der Waals surface area (Å²) in [4.78, 5) is 11.9. The monoisotopic (exact) mass is 1140 g/mol. The third-order valence-electron chi connectivity index (χ3n) is 10.7. The molecule has 2 nitrogen and oxygen atoms in total. The van der Waals surface area contributed by atoms with Gasteiger partial charge in [0.25, 0.3) is 0 Å². The van der Waals surface area contributed by atoms with Crippen LogP contribution in [0.4, 0.5) is 105 Å². The van der Waals surface area contributed by atoms with Crippen molar-refractivity contribution in [2.24, 2.45) is 0 Å². The number of pyridine rings is 1. The molecule has 0 aliphatic rings. The second kappa shape index (κ2) is 19.9. The molecule has 1 aromatic heterocycles. The lowest BCUT2D eigenvalue weighted by molar-refractivity contribution is -0.683. The highest BCUT2D eigenvalue weighted by Crippen LogP contribution is 2.41. The van der Waals surface area contributed by atoms with Crippen molar-refractivity contribution in [3.8, 4) is 0 Å². The molecule has 0 saturated heterocycles. The number of carbonyl (C=O) groups excluding carboxylic acids is 1. The summed E-state index contributed by atoms with van der Waals surface area (Å²) >= 11 is 3.34. The molecule has 0 aliphatic heterocycles. The molecule has 0 radical (unpaired) electrons. The summed E-state index contributed by atoms with van der Waals surface area (Å²) in [5.41, 5.74) is -29.5. The molecule has 73 heavy (non-hydrogen) atoms. The van der Waals surface area contributed by atoms with Gasteiger partial charge in [0.15, 0.2) is 12.4 Å². The molecule has 0 fully saturated rings. The molecular formula is C45H23BBrF24NO. The van der Waals surface area contributed by atoms with Gasteiger partial charge in [-0.05, 0) is 36.4 Å². The molecule has 28 heteroatoms. The number of halogens is 25. The zero-order valence-electron chi connectivity index (χ0n) is 35.2. The van der Waals surface area contributed by atoms with Crippen molar-refractivity contribution in [3.63, 3.8) is 0 Å². The van der Waals surface area contributed by atoms with Crippen LogP contribution in [0, 0.1) is 0 Å². The van der Waals surface area contributed by atoms with Gasteiger partial charge in [-0.2, -0.15) is 132 Å². The number of hydrogen-bond donors (Lipinski definition) is 0. The van der Waals surface area contributed by atoms with Crippen LogP contribution >= 0.6 is 15.9 Å². The van der Waals surface area contributed by atoms with Crippen molar-refractivity contribution < 1.29 is 115 Å². The molecular weight excluding hydrogens is 1120 g/mol. The summed E-state index contributed by atoms with van der Waals surface area (Å²) in [5, 5.41) is 0.